The Morgan fingerprint density at radius 3 is 2.32 bits per heavy atom. The number of hydrogen-bond donors (Lipinski definition) is 0. The van der Waals surface area contributed by atoms with Gasteiger partial charge in [-0.1, -0.05) is 49.4 Å². The van der Waals surface area contributed by atoms with Crippen molar-refractivity contribution in [1.29, 1.82) is 0 Å². The second kappa shape index (κ2) is 6.72. The van der Waals surface area contributed by atoms with Crippen molar-refractivity contribution in [3.8, 4) is 0 Å². The predicted octanol–water partition coefficient (Wildman–Crippen LogP) is 3.30. The first kappa shape index (κ1) is 17.2. The van der Waals surface area contributed by atoms with Crippen LogP contribution in [-0.4, -0.2) is 32.2 Å². The molecule has 0 amide bonds. The van der Waals surface area contributed by atoms with Crippen molar-refractivity contribution in [2.75, 3.05) is 13.7 Å². The highest BCUT2D eigenvalue weighted by atomic mass is 32.2. The van der Waals surface area contributed by atoms with Crippen LogP contribution in [0, 0.1) is 0 Å². The molecule has 5 nitrogen and oxygen atoms in total. The summed E-state index contributed by atoms with van der Waals surface area (Å²) in [6.07, 6.45) is 0.573. The van der Waals surface area contributed by atoms with Crippen LogP contribution in [0.2, 0.25) is 0 Å². The first-order chi connectivity index (χ1) is 12.0. The van der Waals surface area contributed by atoms with Gasteiger partial charge in [0.1, 0.15) is 5.70 Å². The zero-order valence-corrected chi connectivity index (χ0v) is 14.9. The third-order valence-corrected chi connectivity index (χ3v) is 5.90. The van der Waals surface area contributed by atoms with Gasteiger partial charge in [0.05, 0.1) is 12.0 Å². The number of allylic oxidation sites excluding steroid dienone is 1. The molecule has 0 N–H and O–H groups in total. The van der Waals surface area contributed by atoms with Gasteiger partial charge in [0.15, 0.2) is 5.76 Å². The highest BCUT2D eigenvalue weighted by molar-refractivity contribution is 7.89. The smallest absolute Gasteiger partial charge is 0.265 e. The molecule has 130 valence electrons. The summed E-state index contributed by atoms with van der Waals surface area (Å²) in [5, 5.41) is 0. The Kier molecular flexibility index (Phi) is 4.63. The molecule has 0 spiro atoms. The molecule has 2 aromatic rings. The lowest BCUT2D eigenvalue weighted by Crippen LogP contribution is -2.38. The average molecular weight is 357 g/mol. The molecule has 0 saturated heterocycles. The van der Waals surface area contributed by atoms with E-state index in [2.05, 4.69) is 0 Å². The van der Waals surface area contributed by atoms with Crippen LogP contribution in [0.1, 0.15) is 29.3 Å². The minimum atomic E-state index is -3.82. The van der Waals surface area contributed by atoms with E-state index in [-0.39, 0.29) is 28.7 Å². The van der Waals surface area contributed by atoms with Gasteiger partial charge in [0.2, 0.25) is 5.78 Å². The molecule has 0 unspecified atom stereocenters. The Morgan fingerprint density at radius 1 is 1.04 bits per heavy atom. The molecule has 3 rings (SSSR count). The summed E-state index contributed by atoms with van der Waals surface area (Å²) < 4.78 is 32.8. The average Bonchev–Trinajstić information content (AvgIpc) is 2.64. The van der Waals surface area contributed by atoms with Gasteiger partial charge in [-0.3, -0.25) is 9.10 Å². The van der Waals surface area contributed by atoms with Crippen LogP contribution in [0.4, 0.5) is 0 Å². The van der Waals surface area contributed by atoms with E-state index >= 15 is 0 Å². The molecule has 0 radical (unpaired) electrons. The fourth-order valence-corrected chi connectivity index (χ4v) is 4.70. The van der Waals surface area contributed by atoms with Crippen molar-refractivity contribution in [2.24, 2.45) is 0 Å². The number of ether oxygens (including phenoxy) is 1. The van der Waals surface area contributed by atoms with E-state index in [1.54, 1.807) is 48.5 Å². The molecule has 0 aromatic heterocycles. The topological polar surface area (TPSA) is 63.7 Å². The summed E-state index contributed by atoms with van der Waals surface area (Å²) in [6.45, 7) is 2.07. The SMILES string of the molecule is CCCN1C(C(=O)c2ccccc2)=C(OC)c2ccccc2S1(=O)=O. The third kappa shape index (κ3) is 2.82. The summed E-state index contributed by atoms with van der Waals surface area (Å²) in [6, 6.07) is 15.2. The van der Waals surface area contributed by atoms with Crippen LogP contribution >= 0.6 is 0 Å². The largest absolute Gasteiger partial charge is 0.494 e. The van der Waals surface area contributed by atoms with Crippen molar-refractivity contribution in [1.82, 2.24) is 4.31 Å². The molecular formula is C19H19NO4S. The minimum absolute atomic E-state index is 0.0641. The highest BCUT2D eigenvalue weighted by Gasteiger charge is 2.40. The Labute approximate surface area is 147 Å². The van der Waals surface area contributed by atoms with Gasteiger partial charge in [-0.15, -0.1) is 0 Å². The van der Waals surface area contributed by atoms with Gasteiger partial charge < -0.3 is 4.74 Å². The van der Waals surface area contributed by atoms with Crippen molar-refractivity contribution in [3.05, 3.63) is 71.4 Å². The number of hydrogen-bond acceptors (Lipinski definition) is 4. The minimum Gasteiger partial charge on any atom is -0.494 e. The molecule has 0 atom stereocenters. The number of ketones is 1. The number of Topliss-reactive ketones (excluding diaryl/α,β-unsaturated/α-hetero) is 1. The standard InChI is InChI=1S/C19H19NO4S/c1-3-13-20-17(18(21)14-9-5-4-6-10-14)19(24-2)15-11-7-8-12-16(15)25(20,22)23/h4-12H,3,13H2,1-2H3. The maximum Gasteiger partial charge on any atom is 0.265 e. The fourth-order valence-electron chi connectivity index (χ4n) is 2.94. The van der Waals surface area contributed by atoms with Crippen LogP contribution in [0.5, 0.6) is 0 Å². The van der Waals surface area contributed by atoms with E-state index in [1.807, 2.05) is 6.92 Å². The lowest BCUT2D eigenvalue weighted by molar-refractivity contribution is 0.100. The van der Waals surface area contributed by atoms with Crippen molar-refractivity contribution < 1.29 is 17.9 Å². The molecule has 1 aliphatic rings. The molecule has 25 heavy (non-hydrogen) atoms. The number of methoxy groups -OCH3 is 1. The van der Waals surface area contributed by atoms with Crippen molar-refractivity contribution in [2.45, 2.75) is 18.2 Å². The van der Waals surface area contributed by atoms with Gasteiger partial charge in [-0.05, 0) is 18.6 Å². The molecule has 2 aromatic carbocycles. The first-order valence-electron chi connectivity index (χ1n) is 8.02. The molecule has 0 saturated carbocycles. The molecule has 0 fully saturated rings. The fraction of sp³-hybridized carbons (Fsp3) is 0.211. The van der Waals surface area contributed by atoms with E-state index in [1.165, 1.54) is 17.5 Å². The highest BCUT2D eigenvalue weighted by Crippen LogP contribution is 2.38. The molecular weight excluding hydrogens is 338 g/mol. The summed E-state index contributed by atoms with van der Waals surface area (Å²) in [5.74, 6) is -0.0864. The number of carbonyl (C=O) groups is 1. The summed E-state index contributed by atoms with van der Waals surface area (Å²) >= 11 is 0. The summed E-state index contributed by atoms with van der Waals surface area (Å²) in [7, 11) is -2.36. The van der Waals surface area contributed by atoms with E-state index in [0.29, 0.717) is 17.5 Å². The summed E-state index contributed by atoms with van der Waals surface area (Å²) in [4.78, 5) is 13.3. The van der Waals surface area contributed by atoms with E-state index < -0.39 is 10.0 Å². The number of benzene rings is 2. The lowest BCUT2D eigenvalue weighted by atomic mass is 10.0. The zero-order chi connectivity index (χ0) is 18.0. The maximum absolute atomic E-state index is 13.1. The molecule has 6 heteroatoms. The van der Waals surface area contributed by atoms with Gasteiger partial charge in [-0.2, -0.15) is 0 Å². The van der Waals surface area contributed by atoms with Crippen molar-refractivity contribution >= 4 is 21.6 Å². The number of rotatable bonds is 5. The zero-order valence-electron chi connectivity index (χ0n) is 14.1. The third-order valence-electron chi connectivity index (χ3n) is 4.05. The Morgan fingerprint density at radius 2 is 1.68 bits per heavy atom. The monoisotopic (exact) mass is 357 g/mol. The van der Waals surface area contributed by atoms with Gasteiger partial charge >= 0.3 is 0 Å². The maximum atomic E-state index is 13.1. The molecule has 1 aliphatic heterocycles. The van der Waals surface area contributed by atoms with E-state index in [4.69, 9.17) is 4.74 Å². The second-order valence-electron chi connectivity index (χ2n) is 5.65. The van der Waals surface area contributed by atoms with Gasteiger partial charge in [-0.25, -0.2) is 8.42 Å². The Balaban J connectivity index is 2.30. The number of fused-ring (bicyclic) bond motifs is 1. The molecule has 0 bridgehead atoms. The lowest BCUT2D eigenvalue weighted by Gasteiger charge is -2.32. The Hall–Kier alpha value is -2.60. The van der Waals surface area contributed by atoms with Crippen molar-refractivity contribution in [3.63, 3.8) is 0 Å². The summed E-state index contributed by atoms with van der Waals surface area (Å²) in [5.41, 5.74) is 0.897. The Bertz CT molecular complexity index is 933. The molecule has 0 aliphatic carbocycles. The normalized spacial score (nSPS) is 15.7. The van der Waals surface area contributed by atoms with Gasteiger partial charge in [0, 0.05) is 17.7 Å². The number of sulfonamides is 1. The van der Waals surface area contributed by atoms with Gasteiger partial charge in [0.25, 0.3) is 10.0 Å². The van der Waals surface area contributed by atoms with E-state index in [9.17, 15) is 13.2 Å². The molecule has 1 heterocycles. The van der Waals surface area contributed by atoms with Crippen LogP contribution in [0.15, 0.2) is 65.2 Å². The van der Waals surface area contributed by atoms with Crippen LogP contribution in [0.25, 0.3) is 5.76 Å². The van der Waals surface area contributed by atoms with Crippen LogP contribution in [0.3, 0.4) is 0 Å². The van der Waals surface area contributed by atoms with E-state index in [0.717, 1.165) is 0 Å². The first-order valence-corrected chi connectivity index (χ1v) is 9.46. The number of nitrogens with zero attached hydrogens (tertiary/aromatic N) is 1. The van der Waals surface area contributed by atoms with Crippen LogP contribution in [-0.2, 0) is 14.8 Å². The number of carbonyl (C=O) groups excluding carboxylic acids is 1. The quantitative estimate of drug-likeness (QED) is 0.770. The van der Waals surface area contributed by atoms with Crippen LogP contribution < -0.4 is 0 Å². The predicted molar refractivity (Wildman–Crippen MR) is 95.3 cm³/mol. The second-order valence-corrected chi connectivity index (χ2v) is 7.48.